The molecule has 148 valence electrons. The van der Waals surface area contributed by atoms with E-state index in [0.717, 1.165) is 78.4 Å². The Morgan fingerprint density at radius 1 is 1.12 bits per heavy atom. The van der Waals surface area contributed by atoms with Crippen molar-refractivity contribution in [3.63, 3.8) is 0 Å². The maximum absolute atomic E-state index is 12.6. The summed E-state index contributed by atoms with van der Waals surface area (Å²) in [5, 5.41) is 10.9. The third-order valence-corrected chi connectivity index (χ3v) is 5.88. The average Bonchev–Trinajstić information content (AvgIpc) is 2.69. The van der Waals surface area contributed by atoms with E-state index in [1.165, 1.54) is 0 Å². The molecule has 3 rings (SSSR count). The molecular weight excluding hydrogens is 334 g/mol. The Hall–Kier alpha value is -0.990. The number of morpholine rings is 2. The zero-order valence-electron chi connectivity index (χ0n) is 15.9. The van der Waals surface area contributed by atoms with Crippen molar-refractivity contribution in [2.45, 2.75) is 37.5 Å². The van der Waals surface area contributed by atoms with E-state index in [4.69, 9.17) is 9.47 Å². The Morgan fingerprint density at radius 3 is 2.46 bits per heavy atom. The van der Waals surface area contributed by atoms with Crippen LogP contribution < -0.4 is 0 Å². The lowest BCUT2D eigenvalue weighted by Crippen LogP contribution is -2.58. The second-order valence-electron chi connectivity index (χ2n) is 7.47. The maximum atomic E-state index is 12.6. The minimum Gasteiger partial charge on any atom is -0.389 e. The first kappa shape index (κ1) is 19.8. The van der Waals surface area contributed by atoms with Crippen LogP contribution in [-0.2, 0) is 14.3 Å². The van der Waals surface area contributed by atoms with E-state index in [1.807, 2.05) is 13.1 Å². The van der Waals surface area contributed by atoms with Gasteiger partial charge in [-0.2, -0.15) is 0 Å². The zero-order chi connectivity index (χ0) is 18.4. The van der Waals surface area contributed by atoms with Gasteiger partial charge in [0.25, 0.3) is 0 Å². The van der Waals surface area contributed by atoms with E-state index in [-0.39, 0.29) is 18.0 Å². The summed E-state index contributed by atoms with van der Waals surface area (Å²) < 4.78 is 10.8. The highest BCUT2D eigenvalue weighted by Crippen LogP contribution is 2.27. The van der Waals surface area contributed by atoms with Crippen LogP contribution in [0.5, 0.6) is 0 Å². The van der Waals surface area contributed by atoms with Gasteiger partial charge in [0.1, 0.15) is 0 Å². The summed E-state index contributed by atoms with van der Waals surface area (Å²) in [4.78, 5) is 18.9. The fourth-order valence-corrected chi connectivity index (χ4v) is 4.23. The van der Waals surface area contributed by atoms with Gasteiger partial charge in [-0.05, 0) is 19.3 Å². The molecule has 26 heavy (non-hydrogen) atoms. The van der Waals surface area contributed by atoms with Gasteiger partial charge in [0, 0.05) is 51.9 Å². The first-order chi connectivity index (χ1) is 12.7. The second-order valence-corrected chi connectivity index (χ2v) is 7.47. The monoisotopic (exact) mass is 367 g/mol. The minimum absolute atomic E-state index is 0.0232. The second kappa shape index (κ2) is 9.80. The summed E-state index contributed by atoms with van der Waals surface area (Å²) in [6, 6.07) is 0.0161. The molecule has 3 aliphatic rings. The van der Waals surface area contributed by atoms with Gasteiger partial charge in [0.15, 0.2) is 0 Å². The third-order valence-electron chi connectivity index (χ3n) is 5.88. The van der Waals surface area contributed by atoms with Crippen LogP contribution in [0.15, 0.2) is 12.2 Å². The number of rotatable bonds is 5. The van der Waals surface area contributed by atoms with Gasteiger partial charge < -0.3 is 19.5 Å². The molecule has 1 saturated carbocycles. The van der Waals surface area contributed by atoms with E-state index < -0.39 is 6.10 Å². The summed E-state index contributed by atoms with van der Waals surface area (Å²) in [6.45, 7) is 7.31. The molecule has 0 unspecified atom stereocenters. The molecule has 2 saturated heterocycles. The van der Waals surface area contributed by atoms with Crippen molar-refractivity contribution in [2.24, 2.45) is 0 Å². The zero-order valence-corrected chi connectivity index (χ0v) is 15.9. The van der Waals surface area contributed by atoms with Gasteiger partial charge in [0.05, 0.1) is 38.6 Å². The van der Waals surface area contributed by atoms with Crippen molar-refractivity contribution >= 4 is 5.91 Å². The lowest BCUT2D eigenvalue weighted by molar-refractivity contribution is -0.133. The molecular formula is C19H33N3O4. The smallest absolute Gasteiger partial charge is 0.246 e. The van der Waals surface area contributed by atoms with E-state index in [9.17, 15) is 9.90 Å². The first-order valence-corrected chi connectivity index (χ1v) is 9.90. The largest absolute Gasteiger partial charge is 0.389 e. The number of carbonyl (C=O) groups is 1. The van der Waals surface area contributed by atoms with Crippen LogP contribution in [0, 0.1) is 0 Å². The highest BCUT2D eigenvalue weighted by Gasteiger charge is 2.38. The molecule has 2 heterocycles. The lowest BCUT2D eigenvalue weighted by Gasteiger charge is -2.45. The van der Waals surface area contributed by atoms with Crippen molar-refractivity contribution in [1.82, 2.24) is 14.7 Å². The predicted octanol–water partition coefficient (Wildman–Crippen LogP) is -0.0526. The van der Waals surface area contributed by atoms with Gasteiger partial charge in [-0.3, -0.25) is 14.6 Å². The van der Waals surface area contributed by atoms with Crippen molar-refractivity contribution in [3.05, 3.63) is 12.2 Å². The fourth-order valence-electron chi connectivity index (χ4n) is 4.23. The van der Waals surface area contributed by atoms with E-state index in [0.29, 0.717) is 0 Å². The molecule has 0 radical (unpaired) electrons. The quantitative estimate of drug-likeness (QED) is 0.688. The topological polar surface area (TPSA) is 65.5 Å². The SMILES string of the molecule is CN(C(=O)/C=C/CN1CCOCC1)[C@@H]1CCC[C@@H](N2CCOCC2)[C@@H]1O. The van der Waals surface area contributed by atoms with E-state index in [1.54, 1.807) is 11.0 Å². The van der Waals surface area contributed by atoms with Gasteiger partial charge in [-0.25, -0.2) is 0 Å². The summed E-state index contributed by atoms with van der Waals surface area (Å²) in [6.07, 6.45) is 5.98. The third kappa shape index (κ3) is 5.04. The van der Waals surface area contributed by atoms with Gasteiger partial charge in [-0.15, -0.1) is 0 Å². The highest BCUT2D eigenvalue weighted by atomic mass is 16.5. The normalized spacial score (nSPS) is 32.0. The Kier molecular flexibility index (Phi) is 7.45. The molecule has 0 aromatic rings. The standard InChI is InChI=1S/C19H33N3O4/c1-20(18(23)6-3-7-21-8-12-25-13-9-21)16-4-2-5-17(19(16)24)22-10-14-26-15-11-22/h3,6,16-17,19,24H,2,4-5,7-15H2,1H3/b6-3+/t16-,17-,19-/m1/s1. The Morgan fingerprint density at radius 2 is 1.77 bits per heavy atom. The summed E-state index contributed by atoms with van der Waals surface area (Å²) in [5.74, 6) is -0.0232. The lowest BCUT2D eigenvalue weighted by atomic mass is 9.86. The van der Waals surface area contributed by atoms with Crippen molar-refractivity contribution in [2.75, 3.05) is 66.2 Å². The van der Waals surface area contributed by atoms with E-state index in [2.05, 4.69) is 9.80 Å². The van der Waals surface area contributed by atoms with Crippen LogP contribution in [0.4, 0.5) is 0 Å². The van der Waals surface area contributed by atoms with Crippen LogP contribution in [0.1, 0.15) is 19.3 Å². The number of aliphatic hydroxyl groups excluding tert-OH is 1. The van der Waals surface area contributed by atoms with E-state index >= 15 is 0 Å². The maximum Gasteiger partial charge on any atom is 0.246 e. The van der Waals surface area contributed by atoms with Crippen LogP contribution in [0.25, 0.3) is 0 Å². The summed E-state index contributed by atoms with van der Waals surface area (Å²) in [7, 11) is 1.82. The molecule has 1 N–H and O–H groups in total. The fraction of sp³-hybridized carbons (Fsp3) is 0.842. The molecule has 0 spiro atoms. The summed E-state index contributed by atoms with van der Waals surface area (Å²) in [5.41, 5.74) is 0. The molecule has 0 aromatic carbocycles. The number of hydrogen-bond acceptors (Lipinski definition) is 6. The molecule has 3 fully saturated rings. The molecule has 7 nitrogen and oxygen atoms in total. The molecule has 7 heteroatoms. The minimum atomic E-state index is -0.497. The van der Waals surface area contributed by atoms with Crippen LogP contribution in [0.3, 0.4) is 0 Å². The number of nitrogens with zero attached hydrogens (tertiary/aromatic N) is 3. The van der Waals surface area contributed by atoms with Crippen molar-refractivity contribution in [3.8, 4) is 0 Å². The van der Waals surface area contributed by atoms with Gasteiger partial charge in [0.2, 0.25) is 5.91 Å². The average molecular weight is 367 g/mol. The number of amides is 1. The number of hydrogen-bond donors (Lipinski definition) is 1. The highest BCUT2D eigenvalue weighted by molar-refractivity contribution is 5.87. The molecule has 0 aromatic heterocycles. The first-order valence-electron chi connectivity index (χ1n) is 9.90. The number of carbonyl (C=O) groups excluding carboxylic acids is 1. The Labute approximate surface area is 156 Å². The van der Waals surface area contributed by atoms with Crippen molar-refractivity contribution < 1.29 is 19.4 Å². The molecule has 1 aliphatic carbocycles. The van der Waals surface area contributed by atoms with Gasteiger partial charge >= 0.3 is 0 Å². The molecule has 0 bridgehead atoms. The van der Waals surface area contributed by atoms with Crippen LogP contribution in [0.2, 0.25) is 0 Å². The Bertz CT molecular complexity index is 475. The van der Waals surface area contributed by atoms with Gasteiger partial charge in [-0.1, -0.05) is 6.08 Å². The van der Waals surface area contributed by atoms with Crippen LogP contribution in [-0.4, -0.2) is 110 Å². The number of likely N-dealkylation sites (N-methyl/N-ethyl adjacent to an activating group) is 1. The van der Waals surface area contributed by atoms with Crippen molar-refractivity contribution in [1.29, 1.82) is 0 Å². The molecule has 1 amide bonds. The van der Waals surface area contributed by atoms with Crippen LogP contribution >= 0.6 is 0 Å². The predicted molar refractivity (Wildman–Crippen MR) is 99.0 cm³/mol. The molecule has 2 aliphatic heterocycles. The number of aliphatic hydroxyl groups is 1. The summed E-state index contributed by atoms with van der Waals surface area (Å²) >= 11 is 0. The molecule has 3 atom stereocenters. The Balaban J connectivity index is 1.51. The number of ether oxygens (including phenoxy) is 2.